The predicted molar refractivity (Wildman–Crippen MR) is 73.3 cm³/mol. The molecule has 102 valence electrons. The summed E-state index contributed by atoms with van der Waals surface area (Å²) >= 11 is 3.32. The summed E-state index contributed by atoms with van der Waals surface area (Å²) < 4.78 is 40.1. The Morgan fingerprint density at radius 2 is 1.70 bits per heavy atom. The van der Waals surface area contributed by atoms with Crippen LogP contribution in [-0.2, 0) is 6.18 Å². The van der Waals surface area contributed by atoms with Crippen molar-refractivity contribution in [3.8, 4) is 11.3 Å². The summed E-state index contributed by atoms with van der Waals surface area (Å²) in [7, 11) is 0. The van der Waals surface area contributed by atoms with Crippen molar-refractivity contribution in [2.45, 2.75) is 6.18 Å². The third kappa shape index (κ3) is 2.20. The second-order valence-electron chi connectivity index (χ2n) is 4.26. The number of fused-ring (bicyclic) bond motifs is 1. The molecule has 20 heavy (non-hydrogen) atoms. The molecule has 0 unspecified atom stereocenters. The molecule has 0 aliphatic rings. The van der Waals surface area contributed by atoms with Gasteiger partial charge >= 0.3 is 6.18 Å². The maximum atomic E-state index is 12.7. The first-order valence-corrected chi connectivity index (χ1v) is 6.56. The molecule has 1 aromatic carbocycles. The lowest BCUT2D eigenvalue weighted by molar-refractivity contribution is -0.137. The molecule has 2 nitrogen and oxygen atoms in total. The average Bonchev–Trinajstić information content (AvgIpc) is 2.76. The molecular formula is C14H8BrF3N2. The van der Waals surface area contributed by atoms with E-state index in [-0.39, 0.29) is 0 Å². The van der Waals surface area contributed by atoms with Crippen LogP contribution in [0.4, 0.5) is 13.2 Å². The largest absolute Gasteiger partial charge is 0.417 e. The third-order valence-electron chi connectivity index (χ3n) is 2.93. The monoisotopic (exact) mass is 340 g/mol. The second kappa shape index (κ2) is 4.63. The van der Waals surface area contributed by atoms with Gasteiger partial charge in [-0.3, -0.25) is 4.40 Å². The van der Waals surface area contributed by atoms with Gasteiger partial charge in [-0.15, -0.1) is 0 Å². The molecule has 6 heteroatoms. The van der Waals surface area contributed by atoms with Crippen LogP contribution < -0.4 is 0 Å². The predicted octanol–water partition coefficient (Wildman–Crippen LogP) is 4.78. The number of pyridine rings is 1. The van der Waals surface area contributed by atoms with E-state index in [2.05, 4.69) is 20.9 Å². The summed E-state index contributed by atoms with van der Waals surface area (Å²) in [6, 6.07) is 11.7. The molecule has 0 aliphatic heterocycles. The number of hydrogen-bond donors (Lipinski definition) is 0. The fraction of sp³-hybridized carbons (Fsp3) is 0.0714. The molecule has 2 aromatic heterocycles. The number of rotatable bonds is 1. The van der Waals surface area contributed by atoms with E-state index in [0.29, 0.717) is 15.9 Å². The molecule has 0 spiro atoms. The highest BCUT2D eigenvalue weighted by atomic mass is 79.9. The molecule has 0 amide bonds. The number of hydrogen-bond acceptors (Lipinski definition) is 1. The number of imidazole rings is 1. The van der Waals surface area contributed by atoms with Gasteiger partial charge in [0.05, 0.1) is 5.56 Å². The zero-order chi connectivity index (χ0) is 14.3. The smallest absolute Gasteiger partial charge is 0.293 e. The molecule has 0 N–H and O–H groups in total. The lowest BCUT2D eigenvalue weighted by atomic mass is 10.2. The van der Waals surface area contributed by atoms with Gasteiger partial charge in [-0.2, -0.15) is 13.2 Å². The minimum absolute atomic E-state index is 0.462. The van der Waals surface area contributed by atoms with Crippen LogP contribution >= 0.6 is 15.9 Å². The average molecular weight is 341 g/mol. The SMILES string of the molecule is FC(F)(F)c1ccc2nc(-c3ccccc3)c(Br)n2c1. The van der Waals surface area contributed by atoms with Gasteiger partial charge < -0.3 is 0 Å². The summed E-state index contributed by atoms with van der Waals surface area (Å²) in [5.41, 5.74) is 1.22. The van der Waals surface area contributed by atoms with E-state index >= 15 is 0 Å². The number of benzene rings is 1. The van der Waals surface area contributed by atoms with Gasteiger partial charge in [-0.25, -0.2) is 4.98 Å². The van der Waals surface area contributed by atoms with Crippen LogP contribution in [0.3, 0.4) is 0 Å². The molecule has 0 saturated carbocycles. The first-order chi connectivity index (χ1) is 9.47. The summed E-state index contributed by atoms with van der Waals surface area (Å²) in [5, 5.41) is 0. The van der Waals surface area contributed by atoms with E-state index in [0.717, 1.165) is 17.8 Å². The van der Waals surface area contributed by atoms with E-state index in [4.69, 9.17) is 0 Å². The highest BCUT2D eigenvalue weighted by Gasteiger charge is 2.31. The minimum atomic E-state index is -4.37. The molecule has 3 aromatic rings. The Morgan fingerprint density at radius 1 is 1.00 bits per heavy atom. The molecule has 0 saturated heterocycles. The Balaban J connectivity index is 2.21. The summed E-state index contributed by atoms with van der Waals surface area (Å²) in [6.07, 6.45) is -3.33. The lowest BCUT2D eigenvalue weighted by Crippen LogP contribution is -2.06. The van der Waals surface area contributed by atoms with Crippen LogP contribution in [0.1, 0.15) is 5.56 Å². The molecule has 2 heterocycles. The Kier molecular flexibility index (Phi) is 3.05. The molecule has 0 radical (unpaired) electrons. The quantitative estimate of drug-likeness (QED) is 0.623. The topological polar surface area (TPSA) is 17.3 Å². The molecule has 0 fully saturated rings. The molecule has 0 atom stereocenters. The number of nitrogens with zero attached hydrogens (tertiary/aromatic N) is 2. The van der Waals surface area contributed by atoms with Crippen molar-refractivity contribution in [2.75, 3.05) is 0 Å². The van der Waals surface area contributed by atoms with Crippen LogP contribution in [0.15, 0.2) is 53.3 Å². The van der Waals surface area contributed by atoms with Crippen molar-refractivity contribution in [2.24, 2.45) is 0 Å². The van der Waals surface area contributed by atoms with Crippen molar-refractivity contribution >= 4 is 21.6 Å². The third-order valence-corrected chi connectivity index (χ3v) is 3.69. The Bertz CT molecular complexity index is 763. The van der Waals surface area contributed by atoms with Crippen molar-refractivity contribution < 1.29 is 13.2 Å². The van der Waals surface area contributed by atoms with Gasteiger partial charge in [0.2, 0.25) is 0 Å². The van der Waals surface area contributed by atoms with E-state index in [1.807, 2.05) is 30.3 Å². The number of halogens is 4. The zero-order valence-electron chi connectivity index (χ0n) is 10.0. The standard InChI is InChI=1S/C14H8BrF3N2/c15-13-12(9-4-2-1-3-5-9)19-11-7-6-10(8-20(11)13)14(16,17)18/h1-8H. The van der Waals surface area contributed by atoms with Crippen LogP contribution in [0.5, 0.6) is 0 Å². The maximum absolute atomic E-state index is 12.7. The van der Waals surface area contributed by atoms with Crippen LogP contribution in [-0.4, -0.2) is 9.38 Å². The van der Waals surface area contributed by atoms with Crippen LogP contribution in [0.2, 0.25) is 0 Å². The first-order valence-electron chi connectivity index (χ1n) is 5.77. The number of alkyl halides is 3. The summed E-state index contributed by atoms with van der Waals surface area (Å²) in [6.45, 7) is 0. The molecular weight excluding hydrogens is 333 g/mol. The van der Waals surface area contributed by atoms with Gasteiger partial charge in [-0.05, 0) is 28.1 Å². The van der Waals surface area contributed by atoms with Crippen molar-refractivity contribution in [1.82, 2.24) is 9.38 Å². The molecule has 0 aliphatic carbocycles. The Morgan fingerprint density at radius 3 is 2.35 bits per heavy atom. The highest BCUT2D eigenvalue weighted by Crippen LogP contribution is 2.33. The first kappa shape index (κ1) is 13.2. The van der Waals surface area contributed by atoms with E-state index in [1.54, 1.807) is 0 Å². The zero-order valence-corrected chi connectivity index (χ0v) is 11.6. The fourth-order valence-corrected chi connectivity index (χ4v) is 2.57. The van der Waals surface area contributed by atoms with Crippen LogP contribution in [0.25, 0.3) is 16.9 Å². The summed E-state index contributed by atoms with van der Waals surface area (Å²) in [5.74, 6) is 0. The van der Waals surface area contributed by atoms with Gasteiger partial charge in [0.25, 0.3) is 0 Å². The van der Waals surface area contributed by atoms with E-state index in [9.17, 15) is 13.2 Å². The van der Waals surface area contributed by atoms with E-state index in [1.165, 1.54) is 10.5 Å². The highest BCUT2D eigenvalue weighted by molar-refractivity contribution is 9.10. The maximum Gasteiger partial charge on any atom is 0.417 e. The van der Waals surface area contributed by atoms with Gasteiger partial charge in [-0.1, -0.05) is 30.3 Å². The normalized spacial score (nSPS) is 12.0. The van der Waals surface area contributed by atoms with Gasteiger partial charge in [0.1, 0.15) is 15.9 Å². The molecule has 3 rings (SSSR count). The number of aromatic nitrogens is 2. The van der Waals surface area contributed by atoms with Crippen molar-refractivity contribution in [3.05, 3.63) is 58.8 Å². The van der Waals surface area contributed by atoms with Crippen LogP contribution in [0, 0.1) is 0 Å². The van der Waals surface area contributed by atoms with Gasteiger partial charge in [0.15, 0.2) is 0 Å². The minimum Gasteiger partial charge on any atom is -0.293 e. The lowest BCUT2D eigenvalue weighted by Gasteiger charge is -2.06. The Hall–Kier alpha value is -1.82. The molecule has 0 bridgehead atoms. The fourth-order valence-electron chi connectivity index (χ4n) is 1.96. The van der Waals surface area contributed by atoms with Gasteiger partial charge in [0, 0.05) is 11.8 Å². The second-order valence-corrected chi connectivity index (χ2v) is 5.01. The van der Waals surface area contributed by atoms with Crippen molar-refractivity contribution in [1.29, 1.82) is 0 Å². The Labute approximate surface area is 121 Å². The van der Waals surface area contributed by atoms with Crippen molar-refractivity contribution in [3.63, 3.8) is 0 Å². The summed E-state index contributed by atoms with van der Waals surface area (Å²) in [4.78, 5) is 4.35. The van der Waals surface area contributed by atoms with E-state index < -0.39 is 11.7 Å².